The Labute approximate surface area is 830 Å². The van der Waals surface area contributed by atoms with Gasteiger partial charge < -0.3 is 89.4 Å². The Morgan fingerprint density at radius 3 is 0.932 bits per heavy atom. The molecule has 27 rings (SSSR count). The molecule has 742 valence electrons. The van der Waals surface area contributed by atoms with Crippen LogP contribution in [0.3, 0.4) is 0 Å². The number of imidazole rings is 5. The van der Waals surface area contributed by atoms with E-state index >= 15 is 0 Å². The molecule has 15 aromatic heterocycles. The quantitative estimate of drug-likeness (QED) is 0.0846. The summed E-state index contributed by atoms with van der Waals surface area (Å²) in [6.07, 6.45) is 19.7. The largest absolute Gasteiger partial charge is 0.422 e. The third kappa shape index (κ3) is 18.5. The van der Waals surface area contributed by atoms with Gasteiger partial charge in [-0.05, 0) is 189 Å². The van der Waals surface area contributed by atoms with Gasteiger partial charge in [0.05, 0.1) is 56.3 Å². The van der Waals surface area contributed by atoms with E-state index in [0.29, 0.717) is 130 Å². The zero-order chi connectivity index (χ0) is 100. The Bertz CT molecular complexity index is 8920. The van der Waals surface area contributed by atoms with Gasteiger partial charge in [-0.15, -0.1) is 0 Å². The van der Waals surface area contributed by atoms with Gasteiger partial charge in [-0.1, -0.05) is 0 Å². The number of piperazine rings is 4. The summed E-state index contributed by atoms with van der Waals surface area (Å²) < 4.78 is 108. The van der Waals surface area contributed by atoms with Crippen LogP contribution in [0.1, 0.15) is 48.2 Å². The smallest absolute Gasteiger partial charge is 0.344 e. The Kier molecular flexibility index (Phi) is 24.4. The normalized spacial score (nSPS) is 17.0. The van der Waals surface area contributed by atoms with Gasteiger partial charge in [-0.25, -0.2) is 70.8 Å². The second kappa shape index (κ2) is 38.0. The maximum atomic E-state index is 14.5. The van der Waals surface area contributed by atoms with Gasteiger partial charge in [-0.3, -0.25) is 4.90 Å². The van der Waals surface area contributed by atoms with Crippen LogP contribution < -0.4 is 68.6 Å². The molecule has 0 aliphatic carbocycles. The van der Waals surface area contributed by atoms with Crippen LogP contribution in [-0.2, 0) is 0 Å². The fourth-order valence-electron chi connectivity index (χ4n) is 21.2. The van der Waals surface area contributed by atoms with Crippen LogP contribution in [0.25, 0.3) is 139 Å². The Morgan fingerprint density at radius 2 is 0.616 bits per heavy atom. The van der Waals surface area contributed by atoms with Crippen LogP contribution in [-0.4, -0.2) is 200 Å². The first-order chi connectivity index (χ1) is 70.6. The Morgan fingerprint density at radius 1 is 0.322 bits per heavy atom. The van der Waals surface area contributed by atoms with Crippen molar-refractivity contribution in [3.8, 4) is 55.6 Å². The van der Waals surface area contributed by atoms with E-state index < -0.39 is 57.2 Å². The van der Waals surface area contributed by atoms with Crippen molar-refractivity contribution in [1.29, 1.82) is 0 Å². The van der Waals surface area contributed by atoms with Gasteiger partial charge >= 0.3 is 28.1 Å². The van der Waals surface area contributed by atoms with Crippen molar-refractivity contribution in [1.82, 2.24) is 72.7 Å². The molecule has 3 N–H and O–H groups in total. The number of hydrogen-bond acceptors (Lipinski definition) is 25. The lowest BCUT2D eigenvalue weighted by atomic mass is 9.74. The van der Waals surface area contributed by atoms with Crippen molar-refractivity contribution in [2.45, 2.75) is 66.5 Å². The van der Waals surface area contributed by atoms with Crippen LogP contribution in [0.2, 0.25) is 0 Å². The van der Waals surface area contributed by atoms with E-state index in [2.05, 4.69) is 95.2 Å². The van der Waals surface area contributed by atoms with E-state index in [1.165, 1.54) is 49.7 Å². The average Bonchev–Trinajstić information content (AvgIpc) is 1.11. The van der Waals surface area contributed by atoms with Gasteiger partial charge in [0.25, 0.3) is 0 Å². The van der Waals surface area contributed by atoms with Crippen molar-refractivity contribution in [3.05, 3.63) is 323 Å². The zero-order valence-electron chi connectivity index (χ0n) is 81.3. The van der Waals surface area contributed by atoms with Gasteiger partial charge in [0, 0.05) is 311 Å². The standard InChI is InChI=1S/C24H23FN4O2.C22H19FN4O2.2C22H21FN4O2.C21H19FN4O2/c1-15-12-29-13-17(10-21(25)23(29)26-15)20-9-16-4-5-18(11-22(16)31-24(20)30)28-8-7-27-6-2-3-19(27)14-28;1-13-7-26-8-15(5-18(23)20(26)25-13)17-4-14-2-3-16(6-19(14)29-21(17)28)27-11-22(12-27)9-24-10-22;1-14-12-27-13-16(10-19(23)21(27)24-14)18-9-15-3-4-17(11-20(15)29-22(18)28)26-7-5-25(2)6-8-26;1-13-10-26(6-5-24-13)17-4-3-15-7-18(22(28)29-20(15)9-17)16-8-19(23)21-25-14(2)11-27(21)12-16;1-13-11-26-12-15(9-18(22)20(26)24-13)17-8-14-2-3-16(10-19(14)28-21(17)27)25-6-4-23-5-7-25/h4-5,9-13,19H,2-3,6-8,14H2,1H3;2-8,24H,9-12H2,1H3;3-4,9-13H,5-8H2,1-2H3;3-4,7-9,11-13,24H,5-6,10H2,1-2H3;2-3,8-12,23H,4-7H2,1H3/t19-;;;13-;/m0..0./s1. The first-order valence-corrected chi connectivity index (χ1v) is 49.1. The van der Waals surface area contributed by atoms with Crippen LogP contribution in [0.4, 0.5) is 50.4 Å². The molecule has 35 heteroatoms. The van der Waals surface area contributed by atoms with Gasteiger partial charge in [0.2, 0.25) is 0 Å². The van der Waals surface area contributed by atoms with E-state index in [-0.39, 0.29) is 28.2 Å². The van der Waals surface area contributed by atoms with E-state index in [0.717, 1.165) is 173 Å². The molecule has 7 aliphatic heterocycles. The Balaban J connectivity index is 0.000000101. The van der Waals surface area contributed by atoms with E-state index in [1.54, 1.807) is 149 Å². The number of halogens is 5. The van der Waals surface area contributed by atoms with Crippen molar-refractivity contribution in [2.75, 3.05) is 156 Å². The number of hydrogen-bond donors (Lipinski definition) is 3. The lowest BCUT2D eigenvalue weighted by Crippen LogP contribution is -2.71. The van der Waals surface area contributed by atoms with Crippen molar-refractivity contribution >= 4 is 112 Å². The molecule has 0 saturated carbocycles. The van der Waals surface area contributed by atoms with Gasteiger partial charge in [0.1, 0.15) is 27.9 Å². The predicted octanol–water partition coefficient (Wildman–Crippen LogP) is 16.4. The van der Waals surface area contributed by atoms with Crippen molar-refractivity contribution in [2.24, 2.45) is 5.41 Å². The second-order valence-electron chi connectivity index (χ2n) is 39.4. The molecule has 2 atom stereocenters. The molecule has 0 radical (unpaired) electrons. The maximum Gasteiger partial charge on any atom is 0.344 e. The van der Waals surface area contributed by atoms with E-state index in [9.17, 15) is 45.9 Å². The second-order valence-corrected chi connectivity index (χ2v) is 39.4. The SMILES string of the molecule is Cc1cn2cc(-c3cc4ccc(N5CC6(CNC6)C5)cc4oc3=O)cc(F)c2n1.Cc1cn2cc(-c3cc4ccc(N5CCN(C)CC5)cc4oc3=O)cc(F)c2n1.Cc1cn2cc(-c3cc4ccc(N5CCN6CCC[C@H]6C5)cc4oc3=O)cc(F)c2n1.Cc1cn2cc(-c3cc4ccc(N5CCNCC5)cc4oc3=O)cc(F)c2n1.Cc1cn2cc(-c3cc4ccc(N5CCN[C@@H](C)C5)cc4oc3=O)cc(F)c2n1. The summed E-state index contributed by atoms with van der Waals surface area (Å²) in [5.74, 6) is -2.35. The topological polar surface area (TPSA) is 296 Å². The molecule has 30 nitrogen and oxygen atoms in total. The number of fused-ring (bicyclic) bond motifs is 11. The van der Waals surface area contributed by atoms with E-state index in [4.69, 9.17) is 22.1 Å². The summed E-state index contributed by atoms with van der Waals surface area (Å²) in [5.41, 5.74) is 14.7. The van der Waals surface area contributed by atoms with E-state index in [1.807, 2.05) is 84.9 Å². The lowest BCUT2D eigenvalue weighted by Gasteiger charge is -2.57. The third-order valence-corrected chi connectivity index (χ3v) is 28.7. The third-order valence-electron chi connectivity index (χ3n) is 28.7. The number of benzene rings is 5. The molecular weight excluding hydrogens is 1870 g/mol. The molecular formula is C111H103F5N20O10. The zero-order valence-corrected chi connectivity index (χ0v) is 81.3. The molecule has 0 amide bonds. The van der Waals surface area contributed by atoms with Crippen LogP contribution >= 0.6 is 0 Å². The number of likely N-dealkylation sites (N-methyl/N-ethyl adjacent to an activating group) is 1. The summed E-state index contributed by atoms with van der Waals surface area (Å²) in [4.78, 5) is 101. The van der Waals surface area contributed by atoms with Crippen LogP contribution in [0.15, 0.2) is 260 Å². The fourth-order valence-corrected chi connectivity index (χ4v) is 21.2. The molecule has 7 fully saturated rings. The Hall–Kier alpha value is -16.0. The number of anilines is 5. The first-order valence-electron chi connectivity index (χ1n) is 49.1. The molecule has 146 heavy (non-hydrogen) atoms. The molecule has 0 unspecified atom stereocenters. The molecule has 5 aromatic carbocycles. The number of aromatic nitrogens is 10. The predicted molar refractivity (Wildman–Crippen MR) is 556 cm³/mol. The molecule has 0 bridgehead atoms. The van der Waals surface area contributed by atoms with Gasteiger partial charge in [-0.2, -0.15) is 0 Å². The highest BCUT2D eigenvalue weighted by Gasteiger charge is 2.48. The number of rotatable bonds is 10. The lowest BCUT2D eigenvalue weighted by molar-refractivity contribution is 0.121. The molecule has 20 aromatic rings. The minimum Gasteiger partial charge on any atom is -0.422 e. The summed E-state index contributed by atoms with van der Waals surface area (Å²) in [6.45, 7) is 29.9. The van der Waals surface area contributed by atoms with Crippen LogP contribution in [0, 0.1) is 69.1 Å². The van der Waals surface area contributed by atoms with Crippen molar-refractivity contribution in [3.63, 3.8) is 0 Å². The maximum absolute atomic E-state index is 14.5. The minimum absolute atomic E-state index is 0.242. The molecule has 1 spiro atoms. The first kappa shape index (κ1) is 93.7. The average molecular weight is 1970 g/mol. The summed E-state index contributed by atoms with van der Waals surface area (Å²) in [5, 5.41) is 14.1. The number of pyridine rings is 5. The highest BCUT2D eigenvalue weighted by atomic mass is 19.1. The number of nitrogens with zero attached hydrogens (tertiary/aromatic N) is 17. The molecule has 7 saturated heterocycles. The summed E-state index contributed by atoms with van der Waals surface area (Å²) >= 11 is 0. The van der Waals surface area contributed by atoms with Crippen molar-refractivity contribution < 1.29 is 44.0 Å². The number of aryl methyl sites for hydroxylation is 5. The van der Waals surface area contributed by atoms with Crippen LogP contribution in [0.5, 0.6) is 0 Å². The summed E-state index contributed by atoms with van der Waals surface area (Å²) in [6, 6.07) is 46.1. The van der Waals surface area contributed by atoms with Gasteiger partial charge in [0.15, 0.2) is 57.3 Å². The monoisotopic (exact) mass is 1970 g/mol. The molecule has 7 aliphatic rings. The number of nitrogens with one attached hydrogen (secondary N) is 3. The summed E-state index contributed by atoms with van der Waals surface area (Å²) in [7, 11) is 2.11. The molecule has 22 heterocycles. The minimum atomic E-state index is -0.487. The highest BCUT2D eigenvalue weighted by molar-refractivity contribution is 5.90. The fraction of sp³-hybridized carbons (Fsp3) is 0.279. The highest BCUT2D eigenvalue weighted by Crippen LogP contribution is 2.41.